The Bertz CT molecular complexity index is 523. The van der Waals surface area contributed by atoms with Gasteiger partial charge in [0.05, 0.1) is 0 Å². The summed E-state index contributed by atoms with van der Waals surface area (Å²) in [5, 5.41) is 0. The fourth-order valence-electron chi connectivity index (χ4n) is 1.39. The number of pyridine rings is 2. The van der Waals surface area contributed by atoms with Crippen molar-refractivity contribution in [1.29, 1.82) is 0 Å². The second-order valence-electron chi connectivity index (χ2n) is 5.02. The molecule has 0 atom stereocenters. The molecule has 2 radical (unpaired) electrons. The molecule has 122 valence electrons. The molecule has 0 amide bonds. The molecule has 0 unspecified atom stereocenters. The summed E-state index contributed by atoms with van der Waals surface area (Å²) in [7, 11) is 0.120. The molecule has 1 aromatic carbocycles. The van der Waals surface area contributed by atoms with E-state index in [-0.39, 0.29) is 28.9 Å². The smallest absolute Gasteiger partial charge is 0.0379 e. The minimum absolute atomic E-state index is 0. The predicted octanol–water partition coefficient (Wildman–Crippen LogP) is 5.00. The molecular formula is C19H22IrN2Si-. The molecule has 0 spiro atoms. The molecule has 0 saturated heterocycles. The zero-order valence-corrected chi connectivity index (χ0v) is 17.1. The molecule has 0 bridgehead atoms. The van der Waals surface area contributed by atoms with Gasteiger partial charge in [-0.05, 0) is 23.9 Å². The number of rotatable bonds is 1. The Kier molecular flexibility index (Phi) is 13.0. The first-order valence-electron chi connectivity index (χ1n) is 7.20. The van der Waals surface area contributed by atoms with E-state index in [9.17, 15) is 0 Å². The number of aromatic nitrogens is 2. The van der Waals surface area contributed by atoms with Crippen LogP contribution in [0.2, 0.25) is 19.6 Å². The fraction of sp³-hybridized carbons (Fsp3) is 0.158. The standard InChI is InChI=1S/C11H8N.C5H5N.C3H9Si.Ir/c1-2-6-10(7-3-1)11-8-4-5-9-12-11;1-2-4-6-5-3-1;1-4(2)3;/h1-6,8-9H;1-5H;1-3H3;/q-1;;;. The zero-order valence-electron chi connectivity index (χ0n) is 13.7. The average molecular weight is 499 g/mol. The van der Waals surface area contributed by atoms with Crippen LogP contribution in [0.1, 0.15) is 0 Å². The van der Waals surface area contributed by atoms with Crippen molar-refractivity contribution < 1.29 is 20.1 Å². The third-order valence-corrected chi connectivity index (χ3v) is 2.22. The monoisotopic (exact) mass is 499 g/mol. The third kappa shape index (κ3) is 11.6. The Hall–Kier alpha value is -1.61. The van der Waals surface area contributed by atoms with Crippen molar-refractivity contribution in [2.24, 2.45) is 0 Å². The number of hydrogen-bond acceptors (Lipinski definition) is 2. The molecule has 0 aliphatic rings. The van der Waals surface area contributed by atoms with Gasteiger partial charge in [-0.15, -0.1) is 35.9 Å². The number of benzene rings is 1. The van der Waals surface area contributed by atoms with Crippen LogP contribution >= 0.6 is 0 Å². The van der Waals surface area contributed by atoms with Gasteiger partial charge in [0.25, 0.3) is 0 Å². The van der Waals surface area contributed by atoms with Crippen LogP contribution in [-0.2, 0) is 20.1 Å². The van der Waals surface area contributed by atoms with Gasteiger partial charge in [0.15, 0.2) is 0 Å². The van der Waals surface area contributed by atoms with Crippen molar-refractivity contribution in [3.05, 3.63) is 85.3 Å². The second kappa shape index (κ2) is 14.0. The van der Waals surface area contributed by atoms with E-state index in [0.717, 1.165) is 11.3 Å². The Morgan fingerprint density at radius 3 is 1.78 bits per heavy atom. The summed E-state index contributed by atoms with van der Waals surface area (Å²) in [6, 6.07) is 22.5. The van der Waals surface area contributed by atoms with Crippen LogP contribution in [0.5, 0.6) is 0 Å². The van der Waals surface area contributed by atoms with Crippen LogP contribution in [0.25, 0.3) is 11.3 Å². The van der Waals surface area contributed by atoms with Gasteiger partial charge in [-0.1, -0.05) is 37.8 Å². The number of hydrogen-bond donors (Lipinski definition) is 0. The molecule has 2 aromatic heterocycles. The van der Waals surface area contributed by atoms with Gasteiger partial charge in [0.1, 0.15) is 0 Å². The van der Waals surface area contributed by atoms with Gasteiger partial charge < -0.3 is 4.98 Å². The topological polar surface area (TPSA) is 25.8 Å². The van der Waals surface area contributed by atoms with E-state index in [4.69, 9.17) is 0 Å². The fourth-order valence-corrected chi connectivity index (χ4v) is 1.39. The van der Waals surface area contributed by atoms with Crippen LogP contribution in [0.15, 0.2) is 79.3 Å². The van der Waals surface area contributed by atoms with Gasteiger partial charge in [-0.2, -0.15) is 0 Å². The van der Waals surface area contributed by atoms with Gasteiger partial charge in [0.2, 0.25) is 0 Å². The maximum Gasteiger partial charge on any atom is 0.0379 e. The van der Waals surface area contributed by atoms with Gasteiger partial charge in [0, 0.05) is 47.5 Å². The second-order valence-corrected chi connectivity index (χ2v) is 8.02. The molecule has 3 rings (SSSR count). The summed E-state index contributed by atoms with van der Waals surface area (Å²) in [4.78, 5) is 8.00. The average Bonchev–Trinajstić information content (AvgIpc) is 2.58. The first-order valence-corrected chi connectivity index (χ1v) is 10.2. The summed E-state index contributed by atoms with van der Waals surface area (Å²) in [5.41, 5.74) is 2.01. The molecule has 3 aromatic rings. The van der Waals surface area contributed by atoms with Gasteiger partial charge in [-0.25, -0.2) is 0 Å². The van der Waals surface area contributed by atoms with E-state index >= 15 is 0 Å². The summed E-state index contributed by atoms with van der Waals surface area (Å²) in [5.74, 6) is 0. The van der Waals surface area contributed by atoms with E-state index in [1.807, 2.05) is 60.7 Å². The molecule has 23 heavy (non-hydrogen) atoms. The minimum Gasteiger partial charge on any atom is -0.305 e. The summed E-state index contributed by atoms with van der Waals surface area (Å²) in [6.45, 7) is 6.81. The van der Waals surface area contributed by atoms with Crippen LogP contribution in [0, 0.1) is 6.07 Å². The molecule has 0 aliphatic heterocycles. The molecular weight excluding hydrogens is 477 g/mol. The zero-order chi connectivity index (χ0) is 16.0. The third-order valence-electron chi connectivity index (χ3n) is 2.22. The molecule has 0 aliphatic carbocycles. The SMILES string of the molecule is C[Si](C)C.[Ir].[c-]1ccccc1-c1ccccn1.c1ccncc1. The Labute approximate surface area is 155 Å². The van der Waals surface area contributed by atoms with Crippen molar-refractivity contribution in [2.45, 2.75) is 19.6 Å². The largest absolute Gasteiger partial charge is 0.305 e. The van der Waals surface area contributed by atoms with E-state index in [1.54, 1.807) is 18.6 Å². The summed E-state index contributed by atoms with van der Waals surface area (Å²) < 4.78 is 0. The van der Waals surface area contributed by atoms with Crippen LogP contribution in [-0.4, -0.2) is 18.8 Å². The Morgan fingerprint density at radius 2 is 1.39 bits per heavy atom. The van der Waals surface area contributed by atoms with Gasteiger partial charge >= 0.3 is 0 Å². The summed E-state index contributed by atoms with van der Waals surface area (Å²) >= 11 is 0. The first kappa shape index (κ1) is 21.4. The normalized spacial score (nSPS) is 8.70. The molecule has 0 saturated carbocycles. The van der Waals surface area contributed by atoms with E-state index in [2.05, 4.69) is 35.7 Å². The predicted molar refractivity (Wildman–Crippen MR) is 96.1 cm³/mol. The van der Waals surface area contributed by atoms with E-state index < -0.39 is 0 Å². The number of nitrogens with zero attached hydrogens (tertiary/aromatic N) is 2. The molecule has 4 heteroatoms. The molecule has 0 fully saturated rings. The van der Waals surface area contributed by atoms with Crippen LogP contribution in [0.3, 0.4) is 0 Å². The van der Waals surface area contributed by atoms with Crippen molar-refractivity contribution in [3.63, 3.8) is 0 Å². The Balaban J connectivity index is 0.000000372. The summed E-state index contributed by atoms with van der Waals surface area (Å²) in [6.07, 6.45) is 5.29. The molecule has 2 nitrogen and oxygen atoms in total. The van der Waals surface area contributed by atoms with Gasteiger partial charge in [-0.3, -0.25) is 4.98 Å². The van der Waals surface area contributed by atoms with Crippen molar-refractivity contribution in [2.75, 3.05) is 0 Å². The minimum atomic E-state index is 0. The van der Waals surface area contributed by atoms with Crippen molar-refractivity contribution in [3.8, 4) is 11.3 Å². The molecule has 2 heterocycles. The Morgan fingerprint density at radius 1 is 0.783 bits per heavy atom. The maximum absolute atomic E-state index is 4.22. The van der Waals surface area contributed by atoms with Crippen LogP contribution in [0.4, 0.5) is 0 Å². The van der Waals surface area contributed by atoms with Crippen molar-refractivity contribution >= 4 is 8.80 Å². The maximum atomic E-state index is 4.22. The van der Waals surface area contributed by atoms with Crippen molar-refractivity contribution in [1.82, 2.24) is 9.97 Å². The first-order chi connectivity index (χ1) is 10.7. The quantitative estimate of drug-likeness (QED) is 0.349. The van der Waals surface area contributed by atoms with E-state index in [0.29, 0.717) is 0 Å². The van der Waals surface area contributed by atoms with E-state index in [1.165, 1.54) is 0 Å². The van der Waals surface area contributed by atoms with Crippen LogP contribution < -0.4 is 0 Å². The molecule has 0 N–H and O–H groups in total.